The number of carbonyl (C=O) groups is 1. The number of furan rings is 1. The molecule has 1 heterocycles. The van der Waals surface area contributed by atoms with E-state index in [2.05, 4.69) is 4.74 Å². The first-order valence-electron chi connectivity index (χ1n) is 8.21. The standard InChI is InChI=1S/C19H9F8NO3/c20-12-13(21)15(23)17(16(24)14(12)22)30-7-8-5-6-11(31-8)18(29)28-10-4-2-1-3-9(10)19(25,26)27/h1-6H,7H2,(H,28,29). The van der Waals surface area contributed by atoms with E-state index in [0.717, 1.165) is 30.3 Å². The van der Waals surface area contributed by atoms with Crippen molar-refractivity contribution in [2.45, 2.75) is 12.8 Å². The van der Waals surface area contributed by atoms with Crippen LogP contribution < -0.4 is 10.1 Å². The number of carbonyl (C=O) groups excluding carboxylic acids is 1. The second kappa shape index (κ2) is 8.28. The van der Waals surface area contributed by atoms with Gasteiger partial charge >= 0.3 is 6.18 Å². The molecular weight excluding hydrogens is 442 g/mol. The number of ether oxygens (including phenoxy) is 1. The van der Waals surface area contributed by atoms with Gasteiger partial charge in [-0.15, -0.1) is 0 Å². The van der Waals surface area contributed by atoms with Crippen LogP contribution in [-0.2, 0) is 12.8 Å². The summed E-state index contributed by atoms with van der Waals surface area (Å²) in [7, 11) is 0. The van der Waals surface area contributed by atoms with Crippen LogP contribution in [0.2, 0.25) is 0 Å². The monoisotopic (exact) mass is 451 g/mol. The molecule has 1 aromatic heterocycles. The number of amides is 1. The van der Waals surface area contributed by atoms with Crippen molar-refractivity contribution in [2.75, 3.05) is 5.32 Å². The van der Waals surface area contributed by atoms with Gasteiger partial charge in [0.1, 0.15) is 12.4 Å². The van der Waals surface area contributed by atoms with Crippen molar-refractivity contribution in [1.82, 2.24) is 0 Å². The lowest BCUT2D eigenvalue weighted by Crippen LogP contribution is -2.16. The van der Waals surface area contributed by atoms with Crippen LogP contribution in [0.15, 0.2) is 40.8 Å². The highest BCUT2D eigenvalue weighted by molar-refractivity contribution is 6.02. The third kappa shape index (κ3) is 4.47. The number of rotatable bonds is 5. The molecule has 0 aliphatic carbocycles. The van der Waals surface area contributed by atoms with Gasteiger partial charge in [0, 0.05) is 0 Å². The predicted molar refractivity (Wildman–Crippen MR) is 88.7 cm³/mol. The van der Waals surface area contributed by atoms with Crippen LogP contribution in [-0.4, -0.2) is 5.91 Å². The van der Waals surface area contributed by atoms with Gasteiger partial charge in [0.05, 0.1) is 11.3 Å². The Balaban J connectivity index is 1.74. The summed E-state index contributed by atoms with van der Waals surface area (Å²) in [5.74, 6) is -14.6. The minimum absolute atomic E-state index is 0.279. The highest BCUT2D eigenvalue weighted by Gasteiger charge is 2.34. The van der Waals surface area contributed by atoms with Crippen LogP contribution in [0.1, 0.15) is 21.9 Å². The van der Waals surface area contributed by atoms with E-state index in [1.807, 2.05) is 5.32 Å². The fraction of sp³-hybridized carbons (Fsp3) is 0.105. The van der Waals surface area contributed by atoms with Gasteiger partial charge in [-0.05, 0) is 24.3 Å². The van der Waals surface area contributed by atoms with E-state index in [1.54, 1.807) is 0 Å². The second-order valence-corrected chi connectivity index (χ2v) is 5.95. The zero-order valence-corrected chi connectivity index (χ0v) is 14.9. The summed E-state index contributed by atoms with van der Waals surface area (Å²) in [5.41, 5.74) is -1.65. The van der Waals surface area contributed by atoms with Gasteiger partial charge in [0.15, 0.2) is 11.5 Å². The molecule has 0 saturated carbocycles. The van der Waals surface area contributed by atoms with Crippen molar-refractivity contribution in [1.29, 1.82) is 0 Å². The molecule has 3 rings (SSSR count). The van der Waals surface area contributed by atoms with Gasteiger partial charge in [-0.3, -0.25) is 4.79 Å². The van der Waals surface area contributed by atoms with Gasteiger partial charge in [0.25, 0.3) is 5.91 Å². The summed E-state index contributed by atoms with van der Waals surface area (Å²) < 4.78 is 115. The summed E-state index contributed by atoms with van der Waals surface area (Å²) in [4.78, 5) is 12.1. The van der Waals surface area contributed by atoms with Gasteiger partial charge in [-0.1, -0.05) is 12.1 Å². The third-order valence-electron chi connectivity index (χ3n) is 3.89. The van der Waals surface area contributed by atoms with Crippen LogP contribution in [0, 0.1) is 29.1 Å². The summed E-state index contributed by atoms with van der Waals surface area (Å²) >= 11 is 0. The Morgan fingerprint density at radius 1 is 0.871 bits per heavy atom. The van der Waals surface area contributed by atoms with Gasteiger partial charge < -0.3 is 14.5 Å². The van der Waals surface area contributed by atoms with Crippen molar-refractivity contribution < 1.29 is 49.1 Å². The van der Waals surface area contributed by atoms with E-state index < -0.39 is 70.5 Å². The molecule has 1 N–H and O–H groups in total. The molecule has 0 spiro atoms. The Kier molecular flexibility index (Phi) is 5.91. The Labute approximate surface area is 168 Å². The average Bonchev–Trinajstić information content (AvgIpc) is 3.19. The molecule has 1 amide bonds. The maximum Gasteiger partial charge on any atom is 0.418 e. The lowest BCUT2D eigenvalue weighted by atomic mass is 10.1. The van der Waals surface area contributed by atoms with Crippen molar-refractivity contribution in [3.05, 3.63) is 82.6 Å². The fourth-order valence-electron chi connectivity index (χ4n) is 2.46. The highest BCUT2D eigenvalue weighted by atomic mass is 19.4. The van der Waals surface area contributed by atoms with Gasteiger partial charge in [-0.25, -0.2) is 13.2 Å². The highest BCUT2D eigenvalue weighted by Crippen LogP contribution is 2.35. The van der Waals surface area contributed by atoms with Gasteiger partial charge in [-0.2, -0.15) is 22.0 Å². The van der Waals surface area contributed by atoms with E-state index >= 15 is 0 Å². The molecule has 3 aromatic rings. The Morgan fingerprint density at radius 2 is 1.45 bits per heavy atom. The number of anilines is 1. The van der Waals surface area contributed by atoms with Crippen LogP contribution in [0.4, 0.5) is 40.8 Å². The van der Waals surface area contributed by atoms with E-state index in [4.69, 9.17) is 4.42 Å². The molecule has 0 atom stereocenters. The number of alkyl halides is 3. The summed E-state index contributed by atoms with van der Waals surface area (Å²) in [5, 5.41) is 2.01. The SMILES string of the molecule is O=C(Nc1ccccc1C(F)(F)F)c1ccc(COc2c(F)c(F)c(F)c(F)c2F)o1. The molecule has 4 nitrogen and oxygen atoms in total. The molecule has 2 aromatic carbocycles. The molecular formula is C19H9F8NO3. The van der Waals surface area contributed by atoms with E-state index in [-0.39, 0.29) is 5.76 Å². The maximum absolute atomic E-state index is 13.6. The summed E-state index contributed by atoms with van der Waals surface area (Å²) in [6, 6.07) is 6.23. The molecule has 0 bridgehead atoms. The minimum Gasteiger partial charge on any atom is -0.479 e. The number of nitrogens with one attached hydrogen (secondary N) is 1. The number of para-hydroxylation sites is 1. The molecule has 0 aliphatic heterocycles. The fourth-order valence-corrected chi connectivity index (χ4v) is 2.46. The van der Waals surface area contributed by atoms with Crippen molar-refractivity contribution in [2.24, 2.45) is 0 Å². The predicted octanol–water partition coefficient (Wildman–Crippen LogP) is 5.83. The normalized spacial score (nSPS) is 11.5. The Bertz CT molecular complexity index is 1110. The van der Waals surface area contributed by atoms with E-state index in [9.17, 15) is 39.9 Å². The van der Waals surface area contributed by atoms with Crippen LogP contribution in [0.5, 0.6) is 5.75 Å². The van der Waals surface area contributed by atoms with Crippen molar-refractivity contribution >= 4 is 11.6 Å². The first kappa shape index (κ1) is 22.1. The first-order valence-corrected chi connectivity index (χ1v) is 8.21. The zero-order chi connectivity index (χ0) is 22.9. The van der Waals surface area contributed by atoms with Crippen LogP contribution >= 0.6 is 0 Å². The molecule has 164 valence electrons. The topological polar surface area (TPSA) is 51.5 Å². The maximum atomic E-state index is 13.6. The molecule has 0 aliphatic rings. The molecule has 31 heavy (non-hydrogen) atoms. The van der Waals surface area contributed by atoms with Crippen LogP contribution in [0.25, 0.3) is 0 Å². The number of halogens is 8. The first-order chi connectivity index (χ1) is 14.5. The van der Waals surface area contributed by atoms with E-state index in [0.29, 0.717) is 0 Å². The van der Waals surface area contributed by atoms with Gasteiger partial charge in [0.2, 0.25) is 29.1 Å². The number of hydrogen-bond acceptors (Lipinski definition) is 3. The summed E-state index contributed by atoms with van der Waals surface area (Å²) in [6.45, 7) is -0.842. The number of benzene rings is 2. The average molecular weight is 451 g/mol. The Morgan fingerprint density at radius 3 is 2.06 bits per heavy atom. The molecule has 12 heteroatoms. The van der Waals surface area contributed by atoms with E-state index in [1.165, 1.54) is 6.07 Å². The lowest BCUT2D eigenvalue weighted by molar-refractivity contribution is -0.136. The Hall–Kier alpha value is -3.57. The van der Waals surface area contributed by atoms with Crippen molar-refractivity contribution in [3.63, 3.8) is 0 Å². The molecule has 0 saturated heterocycles. The van der Waals surface area contributed by atoms with Crippen molar-refractivity contribution in [3.8, 4) is 5.75 Å². The second-order valence-electron chi connectivity index (χ2n) is 5.95. The molecule has 0 unspecified atom stereocenters. The summed E-state index contributed by atoms with van der Waals surface area (Å²) in [6.07, 6.45) is -4.74. The lowest BCUT2D eigenvalue weighted by Gasteiger charge is -2.12. The largest absolute Gasteiger partial charge is 0.479 e. The molecule has 0 radical (unpaired) electrons. The quantitative estimate of drug-likeness (QED) is 0.302. The third-order valence-corrected chi connectivity index (χ3v) is 3.89. The zero-order valence-electron chi connectivity index (χ0n) is 14.9. The minimum atomic E-state index is -4.74. The smallest absolute Gasteiger partial charge is 0.418 e. The molecule has 0 fully saturated rings. The van der Waals surface area contributed by atoms with Crippen LogP contribution in [0.3, 0.4) is 0 Å². The number of hydrogen-bond donors (Lipinski definition) is 1.